The number of Topliss-reactive ketones (excluding diaryl/α,β-unsaturated/α-hetero) is 2. The third-order valence-electron chi connectivity index (χ3n) is 6.10. The second-order valence-electron chi connectivity index (χ2n) is 8.13. The fourth-order valence-corrected chi connectivity index (χ4v) is 4.44. The molecule has 3 aliphatic rings. The molecule has 1 fully saturated rings. The van der Waals surface area contributed by atoms with Gasteiger partial charge in [-0.2, -0.15) is 0 Å². The Bertz CT molecular complexity index is 1070. The molecule has 1 aliphatic heterocycles. The van der Waals surface area contributed by atoms with Crippen LogP contribution in [0.3, 0.4) is 0 Å². The topological polar surface area (TPSA) is 94.9 Å². The summed E-state index contributed by atoms with van der Waals surface area (Å²) < 4.78 is 0. The lowest BCUT2D eigenvalue weighted by atomic mass is 9.70. The van der Waals surface area contributed by atoms with E-state index in [1.807, 2.05) is 0 Å². The number of aliphatic hydroxyl groups is 1. The molecule has 0 radical (unpaired) electrons. The monoisotopic (exact) mass is 419 g/mol. The van der Waals surface area contributed by atoms with Gasteiger partial charge >= 0.3 is 0 Å². The zero-order valence-corrected chi connectivity index (χ0v) is 17.4. The minimum Gasteiger partial charge on any atom is -0.508 e. The minimum absolute atomic E-state index is 0.0733. The van der Waals surface area contributed by atoms with Crippen LogP contribution in [0.25, 0.3) is 6.08 Å². The van der Waals surface area contributed by atoms with Crippen LogP contribution in [0.1, 0.15) is 52.5 Å². The van der Waals surface area contributed by atoms with E-state index in [0.717, 1.165) is 32.4 Å². The van der Waals surface area contributed by atoms with Gasteiger partial charge in [-0.25, -0.2) is 0 Å². The number of likely N-dealkylation sites (tertiary alicyclic amines) is 1. The number of ketones is 2. The van der Waals surface area contributed by atoms with Gasteiger partial charge in [-0.15, -0.1) is 0 Å². The van der Waals surface area contributed by atoms with E-state index in [9.17, 15) is 24.6 Å². The molecular weight excluding hydrogens is 394 g/mol. The normalized spacial score (nSPS) is 23.6. The van der Waals surface area contributed by atoms with Crippen LogP contribution in [0.5, 0.6) is 5.75 Å². The van der Waals surface area contributed by atoms with Gasteiger partial charge in [0.1, 0.15) is 11.5 Å². The number of phenolic OH excluding ortho intramolecular Hbond substituents is 1. The number of piperidine rings is 1. The van der Waals surface area contributed by atoms with E-state index in [4.69, 9.17) is 0 Å². The molecule has 0 aromatic heterocycles. The van der Waals surface area contributed by atoms with Gasteiger partial charge in [0, 0.05) is 41.4 Å². The lowest BCUT2D eigenvalue weighted by molar-refractivity contribution is -0.126. The first-order valence-corrected chi connectivity index (χ1v) is 10.6. The molecule has 6 heteroatoms. The lowest BCUT2D eigenvalue weighted by Gasteiger charge is -2.30. The summed E-state index contributed by atoms with van der Waals surface area (Å²) in [5.74, 6) is -2.50. The third kappa shape index (κ3) is 3.85. The number of aromatic hydroxyl groups is 1. The van der Waals surface area contributed by atoms with Gasteiger partial charge in [0.05, 0.1) is 11.8 Å². The van der Waals surface area contributed by atoms with Gasteiger partial charge in [0.15, 0.2) is 11.6 Å². The summed E-state index contributed by atoms with van der Waals surface area (Å²) in [4.78, 5) is 40.4. The summed E-state index contributed by atoms with van der Waals surface area (Å²) in [6.45, 7) is 3.24. The number of benzene rings is 1. The number of carbonyl (C=O) groups excluding carboxylic acids is 3. The van der Waals surface area contributed by atoms with Crippen molar-refractivity contribution < 1.29 is 24.6 Å². The van der Waals surface area contributed by atoms with Gasteiger partial charge < -0.3 is 15.1 Å². The Kier molecular flexibility index (Phi) is 5.63. The Hall–Kier alpha value is -3.41. The zero-order chi connectivity index (χ0) is 22.1. The van der Waals surface area contributed by atoms with Crippen LogP contribution in [0.15, 0.2) is 53.8 Å². The highest BCUT2D eigenvalue weighted by Gasteiger charge is 2.42. The first kappa shape index (κ1) is 20.8. The van der Waals surface area contributed by atoms with Crippen molar-refractivity contribution in [3.8, 4) is 5.75 Å². The summed E-state index contributed by atoms with van der Waals surface area (Å²) in [6, 6.07) is 2.85. The van der Waals surface area contributed by atoms with Gasteiger partial charge in [0.2, 0.25) is 5.91 Å². The first-order valence-electron chi connectivity index (χ1n) is 10.6. The quantitative estimate of drug-likeness (QED) is 0.723. The predicted molar refractivity (Wildman–Crippen MR) is 117 cm³/mol. The maximum absolute atomic E-state index is 13.2. The highest BCUT2D eigenvalue weighted by Crippen LogP contribution is 2.39. The maximum Gasteiger partial charge on any atom is 0.246 e. The maximum atomic E-state index is 13.2. The van der Waals surface area contributed by atoms with Crippen LogP contribution >= 0.6 is 0 Å². The molecular formula is C25H25NO5. The standard InChI is InChI=1S/C25H25NO5/c1-2-6-15-11-17-19(13-21(15)27)25(31)20-14-22(28)16(12-18(20)24(17)30)7-8-23(29)26-9-4-3-5-10-26/h2,6-8,11-14,18,20,27-28H,3-5,9-10H2,1H3/b6-2+,8-7+. The van der Waals surface area contributed by atoms with Crippen LogP contribution in [0.4, 0.5) is 0 Å². The Labute approximate surface area is 180 Å². The average Bonchev–Trinajstić information content (AvgIpc) is 2.78. The van der Waals surface area contributed by atoms with Gasteiger partial charge in [-0.05, 0) is 50.5 Å². The van der Waals surface area contributed by atoms with Crippen molar-refractivity contribution in [3.63, 3.8) is 0 Å². The molecule has 1 saturated heterocycles. The number of allylic oxidation sites excluding steroid dienone is 4. The number of fused-ring (bicyclic) bond motifs is 2. The summed E-state index contributed by atoms with van der Waals surface area (Å²) in [6.07, 6.45) is 12.3. The van der Waals surface area contributed by atoms with Crippen LogP contribution in [0.2, 0.25) is 0 Å². The molecule has 2 unspecified atom stereocenters. The SMILES string of the molecule is C/C=C/c1cc2c(cc1O)C(=O)C1C=C(O)C(/C=C/C(=O)N3CCCCC3)=CC1C2=O. The van der Waals surface area contributed by atoms with Crippen molar-refractivity contribution in [2.24, 2.45) is 11.8 Å². The molecule has 6 nitrogen and oxygen atoms in total. The van der Waals surface area contributed by atoms with Gasteiger partial charge in [-0.1, -0.05) is 18.2 Å². The molecule has 31 heavy (non-hydrogen) atoms. The Morgan fingerprint density at radius 2 is 1.61 bits per heavy atom. The van der Waals surface area contributed by atoms with E-state index in [0.29, 0.717) is 11.1 Å². The van der Waals surface area contributed by atoms with Crippen molar-refractivity contribution >= 4 is 23.5 Å². The van der Waals surface area contributed by atoms with Crippen LogP contribution in [-0.4, -0.2) is 45.7 Å². The summed E-state index contributed by atoms with van der Waals surface area (Å²) in [7, 11) is 0. The Morgan fingerprint density at radius 3 is 2.29 bits per heavy atom. The number of nitrogens with zero attached hydrogens (tertiary/aromatic N) is 1. The van der Waals surface area contributed by atoms with E-state index in [1.54, 1.807) is 30.1 Å². The fourth-order valence-electron chi connectivity index (χ4n) is 4.44. The molecule has 1 heterocycles. The number of rotatable bonds is 3. The predicted octanol–water partition coefficient (Wildman–Crippen LogP) is 3.99. The number of aliphatic hydroxyl groups excluding tert-OH is 1. The van der Waals surface area contributed by atoms with E-state index in [-0.39, 0.29) is 40.1 Å². The molecule has 1 aromatic carbocycles. The molecule has 0 saturated carbocycles. The van der Waals surface area contributed by atoms with Gasteiger partial charge in [0.25, 0.3) is 0 Å². The first-order chi connectivity index (χ1) is 14.9. The highest BCUT2D eigenvalue weighted by atomic mass is 16.3. The molecule has 4 rings (SSSR count). The van der Waals surface area contributed by atoms with Crippen molar-refractivity contribution in [2.75, 3.05) is 13.1 Å². The van der Waals surface area contributed by atoms with Crippen LogP contribution in [0, 0.1) is 11.8 Å². The third-order valence-corrected chi connectivity index (χ3v) is 6.10. The molecule has 0 spiro atoms. The molecule has 2 atom stereocenters. The van der Waals surface area contributed by atoms with Crippen molar-refractivity contribution in [3.05, 3.63) is 70.5 Å². The Morgan fingerprint density at radius 1 is 0.968 bits per heavy atom. The summed E-state index contributed by atoms with van der Waals surface area (Å²) in [5.41, 5.74) is 1.24. The van der Waals surface area contributed by atoms with Crippen molar-refractivity contribution in [1.29, 1.82) is 0 Å². The number of phenols is 1. The summed E-state index contributed by atoms with van der Waals surface area (Å²) >= 11 is 0. The lowest BCUT2D eigenvalue weighted by Crippen LogP contribution is -2.36. The fraction of sp³-hybridized carbons (Fsp3) is 0.320. The molecule has 160 valence electrons. The van der Waals surface area contributed by atoms with Crippen LogP contribution in [-0.2, 0) is 4.79 Å². The van der Waals surface area contributed by atoms with E-state index >= 15 is 0 Å². The van der Waals surface area contributed by atoms with Gasteiger partial charge in [-0.3, -0.25) is 14.4 Å². The van der Waals surface area contributed by atoms with E-state index in [1.165, 1.54) is 30.4 Å². The smallest absolute Gasteiger partial charge is 0.246 e. The molecule has 1 aromatic rings. The number of carbonyl (C=O) groups is 3. The number of hydrogen-bond acceptors (Lipinski definition) is 5. The zero-order valence-electron chi connectivity index (χ0n) is 17.4. The molecule has 2 aliphatic carbocycles. The molecule has 0 bridgehead atoms. The van der Waals surface area contributed by atoms with E-state index < -0.39 is 11.8 Å². The second-order valence-corrected chi connectivity index (χ2v) is 8.13. The Balaban J connectivity index is 1.64. The second kappa shape index (κ2) is 8.38. The summed E-state index contributed by atoms with van der Waals surface area (Å²) in [5, 5.41) is 20.6. The number of amides is 1. The molecule has 1 amide bonds. The average molecular weight is 419 g/mol. The van der Waals surface area contributed by atoms with Crippen LogP contribution < -0.4 is 0 Å². The minimum atomic E-state index is -0.832. The molecule has 2 N–H and O–H groups in total. The van der Waals surface area contributed by atoms with Crippen molar-refractivity contribution in [2.45, 2.75) is 26.2 Å². The largest absolute Gasteiger partial charge is 0.508 e. The highest BCUT2D eigenvalue weighted by molar-refractivity contribution is 6.18. The van der Waals surface area contributed by atoms with E-state index in [2.05, 4.69) is 0 Å². The van der Waals surface area contributed by atoms with Crippen molar-refractivity contribution in [1.82, 2.24) is 4.90 Å². The number of hydrogen-bond donors (Lipinski definition) is 2.